The van der Waals surface area contributed by atoms with Crippen LogP contribution in [0.15, 0.2) is 30.3 Å². The topological polar surface area (TPSA) is 42.4 Å². The summed E-state index contributed by atoms with van der Waals surface area (Å²) in [6.45, 7) is 4.17. The summed E-state index contributed by atoms with van der Waals surface area (Å²) in [7, 11) is 3.40. The maximum Gasteiger partial charge on any atom is 0.272 e. The van der Waals surface area contributed by atoms with Crippen molar-refractivity contribution in [2.45, 2.75) is 32.7 Å². The largest absolute Gasteiger partial charge is 0.481 e. The van der Waals surface area contributed by atoms with Gasteiger partial charge in [-0.15, -0.1) is 0 Å². The van der Waals surface area contributed by atoms with E-state index in [4.69, 9.17) is 4.74 Å². The molecule has 0 aliphatic carbocycles. The van der Waals surface area contributed by atoms with Crippen molar-refractivity contribution in [1.82, 2.24) is 9.88 Å². The highest BCUT2D eigenvalue weighted by atomic mass is 16.5. The first-order chi connectivity index (χ1) is 10.1. The molecule has 0 aliphatic heterocycles. The maximum absolute atomic E-state index is 12.6. The number of pyridine rings is 1. The Morgan fingerprint density at radius 2 is 2.10 bits per heavy atom. The van der Waals surface area contributed by atoms with Gasteiger partial charge >= 0.3 is 0 Å². The van der Waals surface area contributed by atoms with E-state index in [1.807, 2.05) is 37.4 Å². The van der Waals surface area contributed by atoms with Gasteiger partial charge in [0, 0.05) is 18.5 Å². The fraction of sp³-hybridized carbons (Fsp3) is 0.412. The fourth-order valence-corrected chi connectivity index (χ4v) is 2.42. The molecule has 1 unspecified atom stereocenters. The lowest BCUT2D eigenvalue weighted by Crippen LogP contribution is -2.35. The van der Waals surface area contributed by atoms with Gasteiger partial charge in [0.1, 0.15) is 5.69 Å². The van der Waals surface area contributed by atoms with Crippen LogP contribution in [0, 0.1) is 0 Å². The van der Waals surface area contributed by atoms with Crippen LogP contribution in [0.1, 0.15) is 37.2 Å². The first kappa shape index (κ1) is 15.3. The molecule has 1 heterocycles. The van der Waals surface area contributed by atoms with Gasteiger partial charge in [0.05, 0.1) is 7.11 Å². The molecule has 0 bridgehead atoms. The summed E-state index contributed by atoms with van der Waals surface area (Å²) in [5.74, 6) is 0.424. The van der Waals surface area contributed by atoms with E-state index in [0.29, 0.717) is 11.6 Å². The Hall–Kier alpha value is -2.10. The van der Waals surface area contributed by atoms with Gasteiger partial charge in [0.15, 0.2) is 0 Å². The van der Waals surface area contributed by atoms with E-state index in [-0.39, 0.29) is 11.9 Å². The van der Waals surface area contributed by atoms with Gasteiger partial charge in [-0.25, -0.2) is 4.98 Å². The number of methoxy groups -OCH3 is 1. The summed E-state index contributed by atoms with van der Waals surface area (Å²) in [4.78, 5) is 18.7. The molecule has 112 valence electrons. The van der Waals surface area contributed by atoms with E-state index in [0.717, 1.165) is 23.6 Å². The van der Waals surface area contributed by atoms with Crippen LogP contribution >= 0.6 is 0 Å². The van der Waals surface area contributed by atoms with Gasteiger partial charge in [-0.2, -0.15) is 0 Å². The van der Waals surface area contributed by atoms with Crippen LogP contribution in [0.2, 0.25) is 0 Å². The quantitative estimate of drug-likeness (QED) is 0.844. The molecule has 0 radical (unpaired) electrons. The average molecular weight is 286 g/mol. The number of hydrogen-bond acceptors (Lipinski definition) is 3. The van der Waals surface area contributed by atoms with Crippen molar-refractivity contribution >= 4 is 16.7 Å². The van der Waals surface area contributed by atoms with E-state index in [9.17, 15) is 4.79 Å². The summed E-state index contributed by atoms with van der Waals surface area (Å²) in [6, 6.07) is 9.81. The predicted molar refractivity (Wildman–Crippen MR) is 84.8 cm³/mol. The molecule has 1 aromatic carbocycles. The van der Waals surface area contributed by atoms with Gasteiger partial charge in [-0.1, -0.05) is 31.5 Å². The van der Waals surface area contributed by atoms with E-state index in [1.165, 1.54) is 0 Å². The standard InChI is InChI=1S/C17H22N2O2/c1-5-8-12(2)19(3)17(20)15-11-13-9-6-7-10-14(13)16(18-15)21-4/h6-7,9-12H,5,8H2,1-4H3. The minimum atomic E-state index is -0.0694. The van der Waals surface area contributed by atoms with E-state index in [2.05, 4.69) is 18.8 Å². The Kier molecular flexibility index (Phi) is 4.78. The normalized spacial score (nSPS) is 12.2. The summed E-state index contributed by atoms with van der Waals surface area (Å²) < 4.78 is 5.32. The molecule has 2 aromatic rings. The molecule has 0 saturated carbocycles. The highest BCUT2D eigenvalue weighted by molar-refractivity contribution is 5.98. The van der Waals surface area contributed by atoms with Crippen LogP contribution < -0.4 is 4.74 Å². The first-order valence-electron chi connectivity index (χ1n) is 7.29. The van der Waals surface area contributed by atoms with Crippen molar-refractivity contribution in [3.63, 3.8) is 0 Å². The smallest absolute Gasteiger partial charge is 0.272 e. The minimum absolute atomic E-state index is 0.0694. The van der Waals surface area contributed by atoms with E-state index < -0.39 is 0 Å². The van der Waals surface area contributed by atoms with Crippen molar-refractivity contribution in [2.24, 2.45) is 0 Å². The zero-order chi connectivity index (χ0) is 15.4. The van der Waals surface area contributed by atoms with Gasteiger partial charge < -0.3 is 9.64 Å². The van der Waals surface area contributed by atoms with E-state index in [1.54, 1.807) is 12.0 Å². The van der Waals surface area contributed by atoms with Crippen molar-refractivity contribution in [3.8, 4) is 5.88 Å². The lowest BCUT2D eigenvalue weighted by Gasteiger charge is -2.24. The summed E-state index contributed by atoms with van der Waals surface area (Å²) >= 11 is 0. The first-order valence-corrected chi connectivity index (χ1v) is 7.29. The van der Waals surface area contributed by atoms with Crippen molar-refractivity contribution < 1.29 is 9.53 Å². The minimum Gasteiger partial charge on any atom is -0.481 e. The molecule has 2 rings (SSSR count). The fourth-order valence-electron chi connectivity index (χ4n) is 2.42. The highest BCUT2D eigenvalue weighted by Gasteiger charge is 2.19. The highest BCUT2D eigenvalue weighted by Crippen LogP contribution is 2.24. The third kappa shape index (κ3) is 3.15. The molecular weight excluding hydrogens is 264 g/mol. The van der Waals surface area contributed by atoms with Gasteiger partial charge in [0.25, 0.3) is 5.91 Å². The Balaban J connectivity index is 2.40. The summed E-state index contributed by atoms with van der Waals surface area (Å²) in [6.07, 6.45) is 2.03. The Bertz CT molecular complexity index is 640. The van der Waals surface area contributed by atoms with Gasteiger partial charge in [-0.05, 0) is 30.9 Å². The second-order valence-corrected chi connectivity index (χ2v) is 5.29. The number of amides is 1. The maximum atomic E-state index is 12.6. The Morgan fingerprint density at radius 3 is 2.76 bits per heavy atom. The summed E-state index contributed by atoms with van der Waals surface area (Å²) in [5, 5.41) is 1.88. The second kappa shape index (κ2) is 6.57. The van der Waals surface area contributed by atoms with Crippen molar-refractivity contribution in [3.05, 3.63) is 36.0 Å². The lowest BCUT2D eigenvalue weighted by molar-refractivity contribution is 0.0730. The molecular formula is C17H22N2O2. The lowest BCUT2D eigenvalue weighted by atomic mass is 10.1. The third-order valence-corrected chi connectivity index (χ3v) is 3.81. The predicted octanol–water partition coefficient (Wildman–Crippen LogP) is 3.50. The number of hydrogen-bond donors (Lipinski definition) is 0. The SMILES string of the molecule is CCCC(C)N(C)C(=O)c1cc2ccccc2c(OC)n1. The van der Waals surface area contributed by atoms with Crippen LogP contribution in [0.3, 0.4) is 0 Å². The molecule has 0 saturated heterocycles. The molecule has 4 nitrogen and oxygen atoms in total. The number of aromatic nitrogens is 1. The molecule has 1 atom stereocenters. The number of nitrogens with zero attached hydrogens (tertiary/aromatic N) is 2. The van der Waals surface area contributed by atoms with Gasteiger partial charge in [-0.3, -0.25) is 4.79 Å². The van der Waals surface area contributed by atoms with Crippen molar-refractivity contribution in [1.29, 1.82) is 0 Å². The molecule has 0 N–H and O–H groups in total. The number of benzene rings is 1. The monoisotopic (exact) mass is 286 g/mol. The molecule has 21 heavy (non-hydrogen) atoms. The van der Waals surface area contributed by atoms with E-state index >= 15 is 0 Å². The van der Waals surface area contributed by atoms with Crippen LogP contribution in [-0.4, -0.2) is 36.0 Å². The third-order valence-electron chi connectivity index (χ3n) is 3.81. The van der Waals surface area contributed by atoms with Crippen LogP contribution in [0.25, 0.3) is 10.8 Å². The summed E-state index contributed by atoms with van der Waals surface area (Å²) in [5.41, 5.74) is 0.427. The van der Waals surface area contributed by atoms with Crippen LogP contribution in [0.5, 0.6) is 5.88 Å². The molecule has 4 heteroatoms. The number of fused-ring (bicyclic) bond motifs is 1. The Morgan fingerprint density at radius 1 is 1.38 bits per heavy atom. The Labute approximate surface area is 125 Å². The molecule has 1 aromatic heterocycles. The van der Waals surface area contributed by atoms with Gasteiger partial charge in [0.2, 0.25) is 5.88 Å². The molecule has 1 amide bonds. The number of rotatable bonds is 5. The number of carbonyl (C=O) groups is 1. The van der Waals surface area contributed by atoms with Crippen molar-refractivity contribution in [2.75, 3.05) is 14.2 Å². The zero-order valence-electron chi connectivity index (χ0n) is 13.1. The number of carbonyl (C=O) groups excluding carboxylic acids is 1. The molecule has 0 spiro atoms. The number of ether oxygens (including phenoxy) is 1. The zero-order valence-corrected chi connectivity index (χ0v) is 13.1. The molecule has 0 aliphatic rings. The van der Waals surface area contributed by atoms with Crippen LogP contribution in [0.4, 0.5) is 0 Å². The molecule has 0 fully saturated rings. The average Bonchev–Trinajstić information content (AvgIpc) is 2.52. The van der Waals surface area contributed by atoms with Crippen LogP contribution in [-0.2, 0) is 0 Å². The second-order valence-electron chi connectivity index (χ2n) is 5.29.